The number of carbonyl (C=O) groups excluding carboxylic acids is 2. The first-order valence-electron chi connectivity index (χ1n) is 12.3. The second kappa shape index (κ2) is 12.9. The fourth-order valence-corrected chi connectivity index (χ4v) is 4.05. The summed E-state index contributed by atoms with van der Waals surface area (Å²) in [6.45, 7) is 7.51. The smallest absolute Gasteiger partial charge is 0.261 e. The van der Waals surface area contributed by atoms with Gasteiger partial charge in [-0.1, -0.05) is 61.5 Å². The van der Waals surface area contributed by atoms with Crippen molar-refractivity contribution in [3.63, 3.8) is 0 Å². The highest BCUT2D eigenvalue weighted by Crippen LogP contribution is 2.19. The lowest BCUT2D eigenvalue weighted by Gasteiger charge is -2.32. The van der Waals surface area contributed by atoms with Gasteiger partial charge in [-0.2, -0.15) is 0 Å². The van der Waals surface area contributed by atoms with Gasteiger partial charge in [0.2, 0.25) is 5.91 Å². The lowest BCUT2D eigenvalue weighted by Crippen LogP contribution is -2.53. The van der Waals surface area contributed by atoms with Gasteiger partial charge in [-0.25, -0.2) is 4.39 Å². The van der Waals surface area contributed by atoms with Gasteiger partial charge >= 0.3 is 0 Å². The summed E-state index contributed by atoms with van der Waals surface area (Å²) in [6, 6.07) is 20.7. The van der Waals surface area contributed by atoms with E-state index in [-0.39, 0.29) is 25.1 Å². The Kier molecular flexibility index (Phi) is 9.62. The molecular formula is C30H35FN2O3. The molecule has 0 bridgehead atoms. The summed E-state index contributed by atoms with van der Waals surface area (Å²) in [6.07, 6.45) is 1.05. The zero-order chi connectivity index (χ0) is 26.1. The molecule has 0 saturated heterocycles. The molecule has 0 aromatic heterocycles. The fraction of sp³-hybridized carbons (Fsp3) is 0.333. The highest BCUT2D eigenvalue weighted by molar-refractivity contribution is 5.88. The van der Waals surface area contributed by atoms with Crippen LogP contribution in [0.15, 0.2) is 72.8 Å². The van der Waals surface area contributed by atoms with Crippen molar-refractivity contribution in [3.8, 4) is 5.75 Å². The number of amides is 2. The number of nitrogens with zero attached hydrogens (tertiary/aromatic N) is 1. The summed E-state index contributed by atoms with van der Waals surface area (Å²) >= 11 is 0. The Morgan fingerprint density at radius 1 is 0.972 bits per heavy atom. The first-order valence-corrected chi connectivity index (χ1v) is 12.3. The number of ether oxygens (including phenoxy) is 1. The number of nitrogens with one attached hydrogen (secondary N) is 1. The molecule has 5 nitrogen and oxygen atoms in total. The van der Waals surface area contributed by atoms with Gasteiger partial charge in [0.15, 0.2) is 6.61 Å². The van der Waals surface area contributed by atoms with Crippen LogP contribution in [0, 0.1) is 19.7 Å². The molecule has 0 saturated carbocycles. The molecular weight excluding hydrogens is 455 g/mol. The third kappa shape index (κ3) is 7.67. The van der Waals surface area contributed by atoms with Crippen molar-refractivity contribution in [2.75, 3.05) is 6.61 Å². The predicted octanol–water partition coefficient (Wildman–Crippen LogP) is 5.38. The molecule has 3 aromatic rings. The largest absolute Gasteiger partial charge is 0.484 e. The average Bonchev–Trinajstić information content (AvgIpc) is 2.85. The Morgan fingerprint density at radius 2 is 1.61 bits per heavy atom. The Morgan fingerprint density at radius 3 is 2.25 bits per heavy atom. The maximum Gasteiger partial charge on any atom is 0.261 e. The van der Waals surface area contributed by atoms with Crippen molar-refractivity contribution in [1.29, 1.82) is 0 Å². The summed E-state index contributed by atoms with van der Waals surface area (Å²) in [4.78, 5) is 28.5. The molecule has 0 unspecified atom stereocenters. The highest BCUT2D eigenvalue weighted by Gasteiger charge is 2.31. The van der Waals surface area contributed by atoms with Gasteiger partial charge in [-0.15, -0.1) is 0 Å². The number of hydrogen-bond donors (Lipinski definition) is 1. The van der Waals surface area contributed by atoms with Crippen LogP contribution in [0.5, 0.6) is 5.75 Å². The van der Waals surface area contributed by atoms with Crippen LogP contribution < -0.4 is 10.1 Å². The molecule has 3 aromatic carbocycles. The minimum absolute atomic E-state index is 0.0485. The van der Waals surface area contributed by atoms with E-state index in [4.69, 9.17) is 4.74 Å². The third-order valence-electron chi connectivity index (χ3n) is 6.13. The van der Waals surface area contributed by atoms with Crippen LogP contribution in [-0.2, 0) is 22.6 Å². The normalized spacial score (nSPS) is 12.5. The number of halogens is 1. The third-order valence-corrected chi connectivity index (χ3v) is 6.13. The molecule has 3 rings (SSSR count). The van der Waals surface area contributed by atoms with Gasteiger partial charge in [0.05, 0.1) is 0 Å². The van der Waals surface area contributed by atoms with Crippen LogP contribution in [0.2, 0.25) is 0 Å². The van der Waals surface area contributed by atoms with Crippen molar-refractivity contribution in [2.45, 2.75) is 59.2 Å². The van der Waals surface area contributed by atoms with Gasteiger partial charge in [-0.3, -0.25) is 9.59 Å². The molecule has 1 N–H and O–H groups in total. The molecule has 6 heteroatoms. The maximum atomic E-state index is 14.6. The SMILES string of the molecule is CC[C@@H](C)NC(=O)[C@H](Cc1ccccc1)N(Cc1ccccc1F)C(=O)COc1cc(C)cc(C)c1. The average molecular weight is 491 g/mol. The molecule has 0 aliphatic rings. The molecule has 0 fully saturated rings. The Labute approximate surface area is 213 Å². The van der Waals surface area contributed by atoms with Gasteiger partial charge in [-0.05, 0) is 62.1 Å². The Balaban J connectivity index is 1.93. The van der Waals surface area contributed by atoms with Crippen molar-refractivity contribution >= 4 is 11.8 Å². The summed E-state index contributed by atoms with van der Waals surface area (Å²) < 4.78 is 20.5. The first kappa shape index (κ1) is 26.9. The summed E-state index contributed by atoms with van der Waals surface area (Å²) in [5.74, 6) is -0.511. The van der Waals surface area contributed by atoms with Crippen molar-refractivity contribution < 1.29 is 18.7 Å². The molecule has 2 amide bonds. The van der Waals surface area contributed by atoms with Gasteiger partial charge in [0.1, 0.15) is 17.6 Å². The summed E-state index contributed by atoms with van der Waals surface area (Å²) in [5, 5.41) is 3.01. The van der Waals surface area contributed by atoms with E-state index in [2.05, 4.69) is 5.32 Å². The maximum absolute atomic E-state index is 14.6. The zero-order valence-corrected chi connectivity index (χ0v) is 21.5. The number of benzene rings is 3. The number of rotatable bonds is 11. The van der Waals surface area contributed by atoms with Crippen LogP contribution in [0.25, 0.3) is 0 Å². The summed E-state index contributed by atoms with van der Waals surface area (Å²) in [5.41, 5.74) is 3.29. The van der Waals surface area contributed by atoms with Gasteiger partial charge < -0.3 is 15.0 Å². The molecule has 0 spiro atoms. The van der Waals surface area contributed by atoms with E-state index in [9.17, 15) is 14.0 Å². The number of aryl methyl sites for hydroxylation is 2. The minimum atomic E-state index is -0.837. The quantitative estimate of drug-likeness (QED) is 0.393. The molecule has 0 heterocycles. The van der Waals surface area contributed by atoms with Crippen LogP contribution in [0.1, 0.15) is 42.5 Å². The lowest BCUT2D eigenvalue weighted by atomic mass is 10.0. The monoisotopic (exact) mass is 490 g/mol. The minimum Gasteiger partial charge on any atom is -0.484 e. The van der Waals surface area contributed by atoms with Crippen LogP contribution in [-0.4, -0.2) is 35.4 Å². The molecule has 2 atom stereocenters. The van der Waals surface area contributed by atoms with Crippen LogP contribution in [0.4, 0.5) is 4.39 Å². The van der Waals surface area contributed by atoms with E-state index in [1.807, 2.05) is 76.2 Å². The first-order chi connectivity index (χ1) is 17.3. The Bertz CT molecular complexity index is 1150. The highest BCUT2D eigenvalue weighted by atomic mass is 19.1. The van der Waals surface area contributed by atoms with Gasteiger partial charge in [0, 0.05) is 24.6 Å². The molecule has 190 valence electrons. The topological polar surface area (TPSA) is 58.6 Å². The Hall–Kier alpha value is -3.67. The molecule has 0 radical (unpaired) electrons. The molecule has 0 aliphatic heterocycles. The van der Waals surface area contributed by atoms with E-state index in [1.165, 1.54) is 11.0 Å². The van der Waals surface area contributed by atoms with E-state index in [0.29, 0.717) is 17.7 Å². The van der Waals surface area contributed by atoms with E-state index >= 15 is 0 Å². The van der Waals surface area contributed by atoms with Crippen molar-refractivity contribution in [2.24, 2.45) is 0 Å². The van der Waals surface area contributed by atoms with E-state index < -0.39 is 17.8 Å². The summed E-state index contributed by atoms with van der Waals surface area (Å²) in [7, 11) is 0. The van der Waals surface area contributed by atoms with Gasteiger partial charge in [0.25, 0.3) is 5.91 Å². The fourth-order valence-electron chi connectivity index (χ4n) is 4.05. The second-order valence-corrected chi connectivity index (χ2v) is 9.25. The van der Waals surface area contributed by atoms with Crippen LogP contribution >= 0.6 is 0 Å². The van der Waals surface area contributed by atoms with Crippen molar-refractivity contribution in [1.82, 2.24) is 10.2 Å². The predicted molar refractivity (Wildman–Crippen MR) is 140 cm³/mol. The number of carbonyl (C=O) groups is 2. The van der Waals surface area contributed by atoms with E-state index in [1.54, 1.807) is 18.2 Å². The molecule has 0 aliphatic carbocycles. The standard InChI is InChI=1S/C30H35FN2O3/c1-5-23(4)32-30(35)28(18-24-11-7-6-8-12-24)33(19-25-13-9-10-14-27(25)31)29(34)20-36-26-16-21(2)15-22(3)17-26/h6-17,23,28H,5,18-20H2,1-4H3,(H,32,35)/t23-,28+/m1/s1. The molecule has 36 heavy (non-hydrogen) atoms. The lowest BCUT2D eigenvalue weighted by molar-refractivity contribution is -0.143. The second-order valence-electron chi connectivity index (χ2n) is 9.25. The van der Waals surface area contributed by atoms with E-state index in [0.717, 1.165) is 23.1 Å². The zero-order valence-electron chi connectivity index (χ0n) is 21.5. The van der Waals surface area contributed by atoms with Crippen molar-refractivity contribution in [3.05, 3.63) is 101 Å². The van der Waals surface area contributed by atoms with Crippen LogP contribution in [0.3, 0.4) is 0 Å². The number of hydrogen-bond acceptors (Lipinski definition) is 3.